The van der Waals surface area contributed by atoms with Crippen molar-refractivity contribution >= 4 is 11.8 Å². The number of piperazine rings is 1. The Morgan fingerprint density at radius 1 is 0.947 bits per heavy atom. The predicted molar refractivity (Wildman–Crippen MR) is 83.2 cm³/mol. The van der Waals surface area contributed by atoms with Gasteiger partial charge in [0.2, 0.25) is 0 Å². The van der Waals surface area contributed by atoms with Crippen molar-refractivity contribution in [1.29, 1.82) is 0 Å². The fraction of sp³-hybridized carbons (Fsp3) is 0.625. The van der Waals surface area contributed by atoms with Crippen molar-refractivity contribution in [3.8, 4) is 0 Å². The Morgan fingerprint density at radius 3 is 2.32 bits per heavy atom. The standard InChI is InChI=1S/C16H26N2S/c1-2-17-11-13-18(14-12-17)10-6-7-15-19-16-8-4-3-5-9-16/h3-5,8-9H,2,6-7,10-15H2,1H3/p+2. The Morgan fingerprint density at radius 2 is 1.63 bits per heavy atom. The van der Waals surface area contributed by atoms with Gasteiger partial charge in [0.1, 0.15) is 26.2 Å². The van der Waals surface area contributed by atoms with E-state index in [2.05, 4.69) is 37.3 Å². The van der Waals surface area contributed by atoms with Crippen molar-refractivity contribution in [3.63, 3.8) is 0 Å². The van der Waals surface area contributed by atoms with E-state index in [0.717, 1.165) is 0 Å². The number of likely N-dealkylation sites (N-methyl/N-ethyl adjacent to an activating group) is 1. The average molecular weight is 280 g/mol. The third kappa shape index (κ3) is 5.55. The van der Waals surface area contributed by atoms with Gasteiger partial charge in [0, 0.05) is 4.90 Å². The molecule has 1 aromatic rings. The lowest BCUT2D eigenvalue weighted by Crippen LogP contribution is -3.28. The molecule has 3 heteroatoms. The van der Waals surface area contributed by atoms with Gasteiger partial charge in [-0.15, -0.1) is 11.8 Å². The van der Waals surface area contributed by atoms with Gasteiger partial charge >= 0.3 is 0 Å². The minimum absolute atomic E-state index is 1.27. The quantitative estimate of drug-likeness (QED) is 0.542. The van der Waals surface area contributed by atoms with Crippen LogP contribution >= 0.6 is 11.8 Å². The van der Waals surface area contributed by atoms with Gasteiger partial charge < -0.3 is 9.80 Å². The van der Waals surface area contributed by atoms with E-state index >= 15 is 0 Å². The zero-order valence-corrected chi connectivity index (χ0v) is 13.0. The van der Waals surface area contributed by atoms with Gasteiger partial charge in [-0.25, -0.2) is 0 Å². The maximum Gasteiger partial charge on any atom is 0.127 e. The summed E-state index contributed by atoms with van der Waals surface area (Å²) < 4.78 is 0. The van der Waals surface area contributed by atoms with E-state index in [9.17, 15) is 0 Å². The van der Waals surface area contributed by atoms with Crippen molar-refractivity contribution in [2.75, 3.05) is 45.0 Å². The molecule has 0 spiro atoms. The number of thioether (sulfide) groups is 1. The highest BCUT2D eigenvalue weighted by molar-refractivity contribution is 7.99. The smallest absolute Gasteiger partial charge is 0.127 e. The molecule has 1 heterocycles. The lowest BCUT2D eigenvalue weighted by Gasteiger charge is -2.28. The first-order valence-electron chi connectivity index (χ1n) is 7.73. The third-order valence-corrected chi connectivity index (χ3v) is 5.20. The van der Waals surface area contributed by atoms with E-state index in [1.807, 2.05) is 16.7 Å². The van der Waals surface area contributed by atoms with Gasteiger partial charge in [-0.05, 0) is 37.7 Å². The first-order chi connectivity index (χ1) is 9.38. The second-order valence-electron chi connectivity index (χ2n) is 5.47. The molecule has 0 saturated carbocycles. The minimum atomic E-state index is 1.27. The highest BCUT2D eigenvalue weighted by atomic mass is 32.2. The topological polar surface area (TPSA) is 8.88 Å². The van der Waals surface area contributed by atoms with Crippen LogP contribution in [0.2, 0.25) is 0 Å². The van der Waals surface area contributed by atoms with Crippen molar-refractivity contribution in [3.05, 3.63) is 30.3 Å². The summed E-state index contributed by atoms with van der Waals surface area (Å²) in [5.74, 6) is 1.27. The first-order valence-corrected chi connectivity index (χ1v) is 8.72. The molecule has 0 bridgehead atoms. The Balaban J connectivity index is 1.51. The van der Waals surface area contributed by atoms with Crippen LogP contribution in [0.4, 0.5) is 0 Å². The zero-order chi connectivity index (χ0) is 13.3. The highest BCUT2D eigenvalue weighted by Gasteiger charge is 2.20. The van der Waals surface area contributed by atoms with Crippen molar-refractivity contribution in [1.82, 2.24) is 0 Å². The van der Waals surface area contributed by atoms with Gasteiger partial charge in [0.15, 0.2) is 0 Å². The fourth-order valence-electron chi connectivity index (χ4n) is 2.74. The summed E-state index contributed by atoms with van der Waals surface area (Å²) in [6.45, 7) is 10.5. The monoisotopic (exact) mass is 280 g/mol. The maximum atomic E-state index is 2.31. The molecule has 2 nitrogen and oxygen atoms in total. The summed E-state index contributed by atoms with van der Waals surface area (Å²) in [6, 6.07) is 10.8. The molecule has 106 valence electrons. The van der Waals surface area contributed by atoms with Crippen molar-refractivity contribution in [2.45, 2.75) is 24.7 Å². The van der Waals surface area contributed by atoms with E-state index in [1.54, 1.807) is 4.90 Å². The average Bonchev–Trinajstić information content (AvgIpc) is 2.49. The van der Waals surface area contributed by atoms with E-state index in [1.165, 1.54) is 62.8 Å². The van der Waals surface area contributed by atoms with E-state index in [0.29, 0.717) is 0 Å². The molecule has 2 rings (SSSR count). The van der Waals surface area contributed by atoms with Crippen LogP contribution in [-0.2, 0) is 0 Å². The fourth-order valence-corrected chi connectivity index (χ4v) is 3.68. The van der Waals surface area contributed by atoms with Gasteiger partial charge in [0.25, 0.3) is 0 Å². The maximum absolute atomic E-state index is 2.31. The second kappa shape index (κ2) is 8.62. The molecule has 1 aliphatic rings. The molecule has 19 heavy (non-hydrogen) atoms. The van der Waals surface area contributed by atoms with Crippen LogP contribution in [0.5, 0.6) is 0 Å². The molecule has 0 unspecified atom stereocenters. The molecule has 1 aliphatic heterocycles. The molecule has 2 N–H and O–H groups in total. The Bertz CT molecular complexity index is 334. The van der Waals surface area contributed by atoms with Gasteiger partial charge in [-0.3, -0.25) is 0 Å². The molecular formula is C16H28N2S+2. The molecule has 0 amide bonds. The second-order valence-corrected chi connectivity index (χ2v) is 6.64. The van der Waals surface area contributed by atoms with Crippen LogP contribution in [0.15, 0.2) is 35.2 Å². The first kappa shape index (κ1) is 14.9. The summed E-state index contributed by atoms with van der Waals surface area (Å²) in [6.07, 6.45) is 2.74. The molecule has 0 radical (unpaired) electrons. The van der Waals surface area contributed by atoms with Crippen LogP contribution in [0, 0.1) is 0 Å². The van der Waals surface area contributed by atoms with Crippen molar-refractivity contribution < 1.29 is 9.80 Å². The highest BCUT2D eigenvalue weighted by Crippen LogP contribution is 2.17. The lowest BCUT2D eigenvalue weighted by atomic mass is 10.2. The number of benzene rings is 1. The molecule has 0 atom stereocenters. The summed E-state index contributed by atoms with van der Waals surface area (Å²) in [4.78, 5) is 5.04. The van der Waals surface area contributed by atoms with Crippen LogP contribution in [-0.4, -0.2) is 45.0 Å². The number of hydrogen-bond acceptors (Lipinski definition) is 1. The Labute approximate surface area is 122 Å². The van der Waals surface area contributed by atoms with Crippen LogP contribution in [0.1, 0.15) is 19.8 Å². The number of hydrogen-bond donors (Lipinski definition) is 2. The van der Waals surface area contributed by atoms with Gasteiger partial charge in [-0.1, -0.05) is 18.2 Å². The minimum Gasteiger partial charge on any atom is -0.326 e. The number of quaternary nitrogens is 2. The molecule has 0 aliphatic carbocycles. The van der Waals surface area contributed by atoms with Gasteiger partial charge in [-0.2, -0.15) is 0 Å². The Kier molecular flexibility index (Phi) is 6.75. The summed E-state index contributed by atoms with van der Waals surface area (Å²) in [5, 5.41) is 0. The zero-order valence-electron chi connectivity index (χ0n) is 12.2. The molecule has 1 saturated heterocycles. The molecule has 1 fully saturated rings. The predicted octanol–water partition coefficient (Wildman–Crippen LogP) is 0.362. The van der Waals surface area contributed by atoms with Crippen LogP contribution in [0.3, 0.4) is 0 Å². The van der Waals surface area contributed by atoms with Crippen LogP contribution in [0.25, 0.3) is 0 Å². The largest absolute Gasteiger partial charge is 0.326 e. The molecular weight excluding hydrogens is 252 g/mol. The normalized spacial score (nSPS) is 23.4. The summed E-state index contributed by atoms with van der Waals surface area (Å²) in [7, 11) is 0. The van der Waals surface area contributed by atoms with Crippen LogP contribution < -0.4 is 9.80 Å². The molecule has 0 aromatic heterocycles. The van der Waals surface area contributed by atoms with E-state index in [4.69, 9.17) is 0 Å². The lowest BCUT2D eigenvalue weighted by molar-refractivity contribution is -1.01. The SMILES string of the molecule is CC[NH+]1CC[NH+](CCCCSc2ccccc2)CC1. The van der Waals surface area contributed by atoms with Crippen molar-refractivity contribution in [2.24, 2.45) is 0 Å². The number of rotatable bonds is 7. The van der Waals surface area contributed by atoms with Gasteiger partial charge in [0.05, 0.1) is 13.1 Å². The van der Waals surface area contributed by atoms with E-state index in [-0.39, 0.29) is 0 Å². The number of unbranched alkanes of at least 4 members (excludes halogenated alkanes) is 1. The Hall–Kier alpha value is -0.510. The number of nitrogens with one attached hydrogen (secondary N) is 2. The molecule has 1 aromatic carbocycles. The van der Waals surface area contributed by atoms with E-state index < -0.39 is 0 Å². The summed E-state index contributed by atoms with van der Waals surface area (Å²) >= 11 is 2.00. The summed E-state index contributed by atoms with van der Waals surface area (Å²) in [5.41, 5.74) is 0. The third-order valence-electron chi connectivity index (χ3n) is 4.10.